The van der Waals surface area contributed by atoms with Crippen molar-refractivity contribution < 1.29 is 19.5 Å². The summed E-state index contributed by atoms with van der Waals surface area (Å²) in [5.74, 6) is -1.41. The van der Waals surface area contributed by atoms with Gasteiger partial charge in [0.15, 0.2) is 0 Å². The van der Waals surface area contributed by atoms with Crippen LogP contribution in [0.5, 0.6) is 0 Å². The fourth-order valence-corrected chi connectivity index (χ4v) is 2.70. The molecule has 0 saturated heterocycles. The van der Waals surface area contributed by atoms with Crippen molar-refractivity contribution in [3.8, 4) is 0 Å². The Morgan fingerprint density at radius 3 is 2.79 bits per heavy atom. The van der Waals surface area contributed by atoms with Gasteiger partial charge < -0.3 is 10.4 Å². The van der Waals surface area contributed by atoms with Crippen LogP contribution in [0, 0.1) is 0 Å². The molecule has 0 fully saturated rings. The first-order valence-corrected chi connectivity index (χ1v) is 7.02. The number of nitrogens with one attached hydrogen (secondary N) is 2. The van der Waals surface area contributed by atoms with Gasteiger partial charge in [0.1, 0.15) is 4.88 Å². The van der Waals surface area contributed by atoms with Gasteiger partial charge in [0.25, 0.3) is 0 Å². The van der Waals surface area contributed by atoms with Gasteiger partial charge in [-0.15, -0.1) is 29.7 Å². The molecule has 0 aromatic carbocycles. The number of imide groups is 1. The summed E-state index contributed by atoms with van der Waals surface area (Å²) in [5, 5.41) is 14.9. The molecular weight excluding hydrogens is 288 g/mol. The Morgan fingerprint density at radius 2 is 2.21 bits per heavy atom. The first-order valence-electron chi connectivity index (χ1n) is 5.16. The molecule has 6 nitrogen and oxygen atoms in total. The second-order valence-electron chi connectivity index (χ2n) is 3.29. The number of carbonyl (C=O) groups excluding carboxylic acids is 2. The third kappa shape index (κ3) is 5.58. The number of amides is 3. The van der Waals surface area contributed by atoms with Gasteiger partial charge in [-0.1, -0.05) is 6.08 Å². The topological polar surface area (TPSA) is 95.5 Å². The molecule has 1 heterocycles. The molecular formula is C11H12N2O4S2. The highest BCUT2D eigenvalue weighted by Crippen LogP contribution is 2.24. The lowest BCUT2D eigenvalue weighted by Gasteiger charge is -2.03. The fourth-order valence-electron chi connectivity index (χ4n) is 1.03. The molecule has 102 valence electrons. The van der Waals surface area contributed by atoms with Gasteiger partial charge in [0.2, 0.25) is 5.91 Å². The van der Waals surface area contributed by atoms with Gasteiger partial charge in [0.05, 0.1) is 5.75 Å². The van der Waals surface area contributed by atoms with Crippen molar-refractivity contribution in [3.63, 3.8) is 0 Å². The second kappa shape index (κ2) is 7.59. The highest BCUT2D eigenvalue weighted by Gasteiger charge is 2.10. The van der Waals surface area contributed by atoms with E-state index in [-0.39, 0.29) is 17.2 Å². The van der Waals surface area contributed by atoms with Crippen molar-refractivity contribution in [1.82, 2.24) is 10.6 Å². The third-order valence-electron chi connectivity index (χ3n) is 1.82. The predicted octanol–water partition coefficient (Wildman–Crippen LogP) is 1.55. The SMILES string of the molecule is C=CCNC(=O)NC(=O)CSc1csc(C(=O)O)c1. The van der Waals surface area contributed by atoms with Gasteiger partial charge in [0, 0.05) is 16.8 Å². The van der Waals surface area contributed by atoms with E-state index in [0.717, 1.165) is 11.3 Å². The summed E-state index contributed by atoms with van der Waals surface area (Å²) in [6.07, 6.45) is 1.50. The van der Waals surface area contributed by atoms with E-state index in [9.17, 15) is 14.4 Å². The molecule has 3 N–H and O–H groups in total. The van der Waals surface area contributed by atoms with Gasteiger partial charge >= 0.3 is 12.0 Å². The summed E-state index contributed by atoms with van der Waals surface area (Å²) >= 11 is 2.26. The zero-order chi connectivity index (χ0) is 14.3. The van der Waals surface area contributed by atoms with Crippen molar-refractivity contribution >= 4 is 41.0 Å². The molecule has 0 atom stereocenters. The van der Waals surface area contributed by atoms with E-state index in [1.54, 1.807) is 5.38 Å². The highest BCUT2D eigenvalue weighted by atomic mass is 32.2. The summed E-state index contributed by atoms with van der Waals surface area (Å²) in [6.45, 7) is 3.70. The number of urea groups is 1. The smallest absolute Gasteiger partial charge is 0.345 e. The molecule has 3 amide bonds. The second-order valence-corrected chi connectivity index (χ2v) is 5.25. The quantitative estimate of drug-likeness (QED) is 0.547. The summed E-state index contributed by atoms with van der Waals surface area (Å²) in [7, 11) is 0. The molecule has 0 spiro atoms. The van der Waals surface area contributed by atoms with Crippen LogP contribution in [0.15, 0.2) is 29.0 Å². The Morgan fingerprint density at radius 1 is 1.47 bits per heavy atom. The van der Waals surface area contributed by atoms with Crippen LogP contribution in [0.2, 0.25) is 0 Å². The first-order chi connectivity index (χ1) is 9.02. The van der Waals surface area contributed by atoms with Gasteiger partial charge in [-0.3, -0.25) is 10.1 Å². The van der Waals surface area contributed by atoms with Gasteiger partial charge in [-0.2, -0.15) is 0 Å². The summed E-state index contributed by atoms with van der Waals surface area (Å²) in [4.78, 5) is 34.1. The molecule has 0 bridgehead atoms. The maximum Gasteiger partial charge on any atom is 0.345 e. The van der Waals surface area contributed by atoms with Crippen LogP contribution in [0.1, 0.15) is 9.67 Å². The molecule has 8 heteroatoms. The summed E-state index contributed by atoms with van der Waals surface area (Å²) in [5.41, 5.74) is 0. The van der Waals surface area contributed by atoms with E-state index in [2.05, 4.69) is 17.2 Å². The normalized spacial score (nSPS) is 9.68. The Hall–Kier alpha value is -1.80. The van der Waals surface area contributed by atoms with Crippen LogP contribution in [-0.4, -0.2) is 35.3 Å². The number of aromatic carboxylic acids is 1. The lowest BCUT2D eigenvalue weighted by atomic mass is 10.5. The number of rotatable bonds is 6. The minimum Gasteiger partial charge on any atom is -0.477 e. The monoisotopic (exact) mass is 300 g/mol. The van der Waals surface area contributed by atoms with E-state index in [1.165, 1.54) is 23.9 Å². The average Bonchev–Trinajstić information content (AvgIpc) is 2.83. The van der Waals surface area contributed by atoms with Crippen LogP contribution in [0.3, 0.4) is 0 Å². The number of thiophene rings is 1. The zero-order valence-electron chi connectivity index (χ0n) is 9.84. The molecule has 0 aliphatic carbocycles. The van der Waals surface area contributed by atoms with Crippen molar-refractivity contribution in [2.45, 2.75) is 4.90 Å². The Kier molecular flexibility index (Phi) is 6.10. The van der Waals surface area contributed by atoms with E-state index in [4.69, 9.17) is 5.11 Å². The molecule has 0 aliphatic heterocycles. The van der Waals surface area contributed by atoms with Crippen LogP contribution < -0.4 is 10.6 Å². The molecule has 1 aromatic rings. The first kappa shape index (κ1) is 15.3. The van der Waals surface area contributed by atoms with E-state index in [0.29, 0.717) is 4.90 Å². The van der Waals surface area contributed by atoms with Crippen LogP contribution in [0.4, 0.5) is 4.79 Å². The van der Waals surface area contributed by atoms with Crippen LogP contribution in [-0.2, 0) is 4.79 Å². The number of thioether (sulfide) groups is 1. The zero-order valence-corrected chi connectivity index (χ0v) is 11.5. The summed E-state index contributed by atoms with van der Waals surface area (Å²) < 4.78 is 0. The average molecular weight is 300 g/mol. The van der Waals surface area contributed by atoms with Gasteiger partial charge in [-0.05, 0) is 6.07 Å². The number of hydrogen-bond acceptors (Lipinski definition) is 5. The minimum absolute atomic E-state index is 0.0390. The minimum atomic E-state index is -0.995. The molecule has 19 heavy (non-hydrogen) atoms. The molecule has 0 saturated carbocycles. The Balaban J connectivity index is 2.35. The molecule has 0 aliphatic rings. The van der Waals surface area contributed by atoms with Crippen molar-refractivity contribution in [2.24, 2.45) is 0 Å². The van der Waals surface area contributed by atoms with E-state index < -0.39 is 17.9 Å². The third-order valence-corrected chi connectivity index (χ3v) is 3.86. The number of hydrogen-bond donors (Lipinski definition) is 3. The Bertz CT molecular complexity index is 499. The maximum absolute atomic E-state index is 11.4. The van der Waals surface area contributed by atoms with Gasteiger partial charge in [-0.25, -0.2) is 9.59 Å². The number of carboxylic acids is 1. The Labute approximate surface area is 117 Å². The number of carbonyl (C=O) groups is 3. The van der Waals surface area contributed by atoms with Crippen LogP contribution >= 0.6 is 23.1 Å². The lowest BCUT2D eigenvalue weighted by Crippen LogP contribution is -2.40. The lowest BCUT2D eigenvalue weighted by molar-refractivity contribution is -0.117. The van der Waals surface area contributed by atoms with Crippen molar-refractivity contribution in [1.29, 1.82) is 0 Å². The molecule has 1 rings (SSSR count). The summed E-state index contributed by atoms with van der Waals surface area (Å²) in [6, 6.07) is 0.907. The van der Waals surface area contributed by atoms with Crippen molar-refractivity contribution in [3.05, 3.63) is 29.0 Å². The molecule has 0 radical (unpaired) electrons. The van der Waals surface area contributed by atoms with Crippen LogP contribution in [0.25, 0.3) is 0 Å². The molecule has 1 aromatic heterocycles. The highest BCUT2D eigenvalue weighted by molar-refractivity contribution is 8.00. The predicted molar refractivity (Wildman–Crippen MR) is 73.7 cm³/mol. The maximum atomic E-state index is 11.4. The largest absolute Gasteiger partial charge is 0.477 e. The van der Waals surface area contributed by atoms with E-state index in [1.807, 2.05) is 0 Å². The standard InChI is InChI=1S/C11H12N2O4S2/c1-2-3-12-11(17)13-9(14)6-18-7-4-8(10(15)16)19-5-7/h2,4-5H,1,3,6H2,(H,15,16)(H2,12,13,14,17). The number of carboxylic acid groups (broad SMARTS) is 1. The fraction of sp³-hybridized carbons (Fsp3) is 0.182. The van der Waals surface area contributed by atoms with Crippen molar-refractivity contribution in [2.75, 3.05) is 12.3 Å². The molecule has 0 unspecified atom stereocenters. The van der Waals surface area contributed by atoms with E-state index >= 15 is 0 Å².